The van der Waals surface area contributed by atoms with E-state index in [1.807, 2.05) is 20.8 Å². The molecule has 198 valence electrons. The Bertz CT molecular complexity index is 1180. The van der Waals surface area contributed by atoms with Crippen molar-refractivity contribution < 1.29 is 22.4 Å². The summed E-state index contributed by atoms with van der Waals surface area (Å²) in [5.41, 5.74) is 0.423. The van der Waals surface area contributed by atoms with Gasteiger partial charge < -0.3 is 10.2 Å². The second-order valence-electron chi connectivity index (χ2n) is 9.59. The highest BCUT2D eigenvalue weighted by Gasteiger charge is 2.29. The van der Waals surface area contributed by atoms with Crippen molar-refractivity contribution in [2.45, 2.75) is 58.7 Å². The number of carbonyl (C=O) groups excluding carboxylic acids is 2. The Morgan fingerprint density at radius 1 is 1.08 bits per heavy atom. The second kappa shape index (κ2) is 12.3. The van der Waals surface area contributed by atoms with Crippen molar-refractivity contribution in [3.8, 4) is 0 Å². The van der Waals surface area contributed by atoms with Gasteiger partial charge in [0.15, 0.2) is 0 Å². The lowest BCUT2D eigenvalue weighted by atomic mass is 10.1. The van der Waals surface area contributed by atoms with E-state index in [0.717, 1.165) is 10.6 Å². The van der Waals surface area contributed by atoms with E-state index in [2.05, 4.69) is 5.32 Å². The minimum atomic E-state index is -3.67. The summed E-state index contributed by atoms with van der Waals surface area (Å²) in [6, 6.07) is 9.17. The van der Waals surface area contributed by atoms with E-state index in [4.69, 9.17) is 23.2 Å². The molecule has 2 aromatic carbocycles. The zero-order chi connectivity index (χ0) is 27.3. The molecule has 36 heavy (non-hydrogen) atoms. The third-order valence-electron chi connectivity index (χ3n) is 5.29. The van der Waals surface area contributed by atoms with Gasteiger partial charge in [-0.2, -0.15) is 0 Å². The molecule has 2 aromatic rings. The zero-order valence-electron chi connectivity index (χ0n) is 21.0. The van der Waals surface area contributed by atoms with E-state index in [1.54, 1.807) is 25.1 Å². The summed E-state index contributed by atoms with van der Waals surface area (Å²) < 4.78 is 39.1. The predicted octanol–water partition coefficient (Wildman–Crippen LogP) is 5.01. The molecule has 0 radical (unpaired) electrons. The van der Waals surface area contributed by atoms with Crippen molar-refractivity contribution in [1.29, 1.82) is 0 Å². The molecule has 0 saturated carbocycles. The van der Waals surface area contributed by atoms with Crippen LogP contribution in [0.25, 0.3) is 0 Å². The molecule has 0 bridgehead atoms. The fourth-order valence-electron chi connectivity index (χ4n) is 3.50. The number of halogens is 3. The molecule has 0 saturated heterocycles. The van der Waals surface area contributed by atoms with Crippen LogP contribution >= 0.6 is 23.2 Å². The SMILES string of the molecule is C[C@@H](C(=O)NC(C)(C)C)N(Cc1ccc(Cl)cc1Cl)C(=O)CCCN(c1ccc(F)cc1)S(C)(=O)=O. The topological polar surface area (TPSA) is 86.8 Å². The molecule has 0 fully saturated rings. The lowest BCUT2D eigenvalue weighted by molar-refractivity contribution is -0.141. The Hall–Kier alpha value is -2.36. The van der Waals surface area contributed by atoms with E-state index >= 15 is 0 Å². The average Bonchev–Trinajstić information content (AvgIpc) is 2.74. The van der Waals surface area contributed by atoms with Crippen LogP contribution in [0.3, 0.4) is 0 Å². The number of sulfonamides is 1. The third-order valence-corrected chi connectivity index (χ3v) is 7.07. The molecule has 1 N–H and O–H groups in total. The van der Waals surface area contributed by atoms with Crippen LogP contribution in [0.1, 0.15) is 46.1 Å². The first kappa shape index (κ1) is 29.9. The normalized spacial score (nSPS) is 12.7. The van der Waals surface area contributed by atoms with Crippen molar-refractivity contribution in [2.75, 3.05) is 17.1 Å². The lowest BCUT2D eigenvalue weighted by Crippen LogP contribution is -2.52. The number of hydrogen-bond acceptors (Lipinski definition) is 4. The molecule has 11 heteroatoms. The van der Waals surface area contributed by atoms with Crippen LogP contribution in [0.4, 0.5) is 10.1 Å². The molecule has 7 nitrogen and oxygen atoms in total. The maximum atomic E-state index is 13.3. The van der Waals surface area contributed by atoms with Crippen LogP contribution in [0.15, 0.2) is 42.5 Å². The van der Waals surface area contributed by atoms with Crippen molar-refractivity contribution in [2.24, 2.45) is 0 Å². The first-order valence-electron chi connectivity index (χ1n) is 11.4. The zero-order valence-corrected chi connectivity index (χ0v) is 23.3. The lowest BCUT2D eigenvalue weighted by Gasteiger charge is -2.32. The summed E-state index contributed by atoms with van der Waals surface area (Å²) in [6.45, 7) is 7.24. The Morgan fingerprint density at radius 3 is 2.22 bits per heavy atom. The first-order valence-corrected chi connectivity index (χ1v) is 14.0. The molecule has 0 aliphatic rings. The highest BCUT2D eigenvalue weighted by atomic mass is 35.5. The van der Waals surface area contributed by atoms with Gasteiger partial charge in [-0.25, -0.2) is 12.8 Å². The molecular weight excluding hydrogens is 528 g/mol. The standard InChI is InChI=1S/C25H32Cl2FN3O4S/c1-17(24(33)29-25(2,3)4)30(16-18-8-9-19(26)15-22(18)27)23(32)7-6-14-31(36(5,34)35)21-12-10-20(28)11-13-21/h8-13,15,17H,6-7,14,16H2,1-5H3,(H,29,33)/t17-/m0/s1. The van der Waals surface area contributed by atoms with E-state index < -0.39 is 27.4 Å². The molecule has 0 aliphatic carbocycles. The fourth-order valence-corrected chi connectivity index (χ4v) is 4.94. The maximum Gasteiger partial charge on any atom is 0.242 e. The summed E-state index contributed by atoms with van der Waals surface area (Å²) in [5.74, 6) is -1.16. The van der Waals surface area contributed by atoms with E-state index in [0.29, 0.717) is 21.3 Å². The minimum absolute atomic E-state index is 0.00825. The van der Waals surface area contributed by atoms with Gasteiger partial charge in [-0.05, 0) is 76.1 Å². The van der Waals surface area contributed by atoms with Crippen molar-refractivity contribution in [3.05, 3.63) is 63.9 Å². The molecule has 0 unspecified atom stereocenters. The van der Waals surface area contributed by atoms with Crippen LogP contribution in [0.2, 0.25) is 10.0 Å². The number of benzene rings is 2. The molecule has 0 spiro atoms. The van der Waals surface area contributed by atoms with Gasteiger partial charge in [0, 0.05) is 35.1 Å². The highest BCUT2D eigenvalue weighted by Crippen LogP contribution is 2.24. The Balaban J connectivity index is 2.22. The number of carbonyl (C=O) groups is 2. The molecule has 2 rings (SSSR count). The minimum Gasteiger partial charge on any atom is -0.350 e. The van der Waals surface area contributed by atoms with Gasteiger partial charge in [-0.3, -0.25) is 13.9 Å². The van der Waals surface area contributed by atoms with Gasteiger partial charge in [0.2, 0.25) is 21.8 Å². The molecule has 0 heterocycles. The summed E-state index contributed by atoms with van der Waals surface area (Å²) in [7, 11) is -3.67. The van der Waals surface area contributed by atoms with Crippen LogP contribution in [-0.4, -0.2) is 49.5 Å². The largest absolute Gasteiger partial charge is 0.350 e. The van der Waals surface area contributed by atoms with Gasteiger partial charge in [-0.15, -0.1) is 0 Å². The van der Waals surface area contributed by atoms with E-state index in [1.165, 1.54) is 29.2 Å². The number of amides is 2. The van der Waals surface area contributed by atoms with Gasteiger partial charge in [-0.1, -0.05) is 29.3 Å². The van der Waals surface area contributed by atoms with Crippen molar-refractivity contribution >= 4 is 50.7 Å². The summed E-state index contributed by atoms with van der Waals surface area (Å²) in [6.07, 6.45) is 1.21. The maximum absolute atomic E-state index is 13.3. The molecular formula is C25H32Cl2FN3O4S. The van der Waals surface area contributed by atoms with E-state index in [-0.39, 0.29) is 37.7 Å². The number of rotatable bonds is 10. The Kier molecular flexibility index (Phi) is 10.2. The van der Waals surface area contributed by atoms with Gasteiger partial charge in [0.05, 0.1) is 11.9 Å². The monoisotopic (exact) mass is 559 g/mol. The summed E-state index contributed by atoms with van der Waals surface area (Å²) >= 11 is 12.3. The third kappa shape index (κ3) is 8.94. The number of hydrogen-bond donors (Lipinski definition) is 1. The second-order valence-corrected chi connectivity index (χ2v) is 12.3. The Labute approximate surface area is 222 Å². The predicted molar refractivity (Wildman–Crippen MR) is 142 cm³/mol. The quantitative estimate of drug-likeness (QED) is 0.443. The molecule has 1 atom stereocenters. The molecule has 2 amide bonds. The number of anilines is 1. The van der Waals surface area contributed by atoms with Gasteiger partial charge in [0.1, 0.15) is 11.9 Å². The number of nitrogens with one attached hydrogen (secondary N) is 1. The highest BCUT2D eigenvalue weighted by molar-refractivity contribution is 7.92. The van der Waals surface area contributed by atoms with Gasteiger partial charge in [0.25, 0.3) is 0 Å². The molecule has 0 aromatic heterocycles. The summed E-state index contributed by atoms with van der Waals surface area (Å²) in [5, 5.41) is 3.69. The van der Waals surface area contributed by atoms with Crippen molar-refractivity contribution in [1.82, 2.24) is 10.2 Å². The van der Waals surface area contributed by atoms with Crippen LogP contribution in [0.5, 0.6) is 0 Å². The van der Waals surface area contributed by atoms with Crippen molar-refractivity contribution in [3.63, 3.8) is 0 Å². The smallest absolute Gasteiger partial charge is 0.242 e. The van der Waals surface area contributed by atoms with Crippen LogP contribution in [-0.2, 0) is 26.2 Å². The van der Waals surface area contributed by atoms with E-state index in [9.17, 15) is 22.4 Å². The Morgan fingerprint density at radius 2 is 1.69 bits per heavy atom. The average molecular weight is 561 g/mol. The number of nitrogens with zero attached hydrogens (tertiary/aromatic N) is 2. The summed E-state index contributed by atoms with van der Waals surface area (Å²) in [4.78, 5) is 27.6. The fraction of sp³-hybridized carbons (Fsp3) is 0.440. The van der Waals surface area contributed by atoms with Gasteiger partial charge >= 0.3 is 0 Å². The first-order chi connectivity index (χ1) is 16.6. The molecule has 0 aliphatic heterocycles. The van der Waals surface area contributed by atoms with Crippen LogP contribution in [0, 0.1) is 5.82 Å². The van der Waals surface area contributed by atoms with Crippen LogP contribution < -0.4 is 9.62 Å².